The van der Waals surface area contributed by atoms with Crippen LogP contribution in [0.5, 0.6) is 0 Å². The van der Waals surface area contributed by atoms with Crippen molar-refractivity contribution < 1.29 is 19.2 Å². The topological polar surface area (TPSA) is 74.8 Å². The molecule has 2 heterocycles. The number of carbonyl (C=O) groups excluding carboxylic acids is 4. The van der Waals surface area contributed by atoms with Crippen LogP contribution >= 0.6 is 0 Å². The Morgan fingerprint density at radius 1 is 0.596 bits per heavy atom. The zero-order valence-corrected chi connectivity index (χ0v) is 27.2. The van der Waals surface area contributed by atoms with Crippen molar-refractivity contribution in [2.75, 3.05) is 11.4 Å². The van der Waals surface area contributed by atoms with E-state index < -0.39 is 0 Å². The van der Waals surface area contributed by atoms with Gasteiger partial charge in [0.05, 0.1) is 5.69 Å². The van der Waals surface area contributed by atoms with Crippen molar-refractivity contribution in [3.05, 3.63) is 100 Å². The fraction of sp³-hybridized carbons (Fsp3) is 0.268. The highest BCUT2D eigenvalue weighted by molar-refractivity contribution is 6.43. The fourth-order valence-electron chi connectivity index (χ4n) is 8.19. The van der Waals surface area contributed by atoms with Crippen molar-refractivity contribution in [1.29, 1.82) is 0 Å². The molecule has 0 bridgehead atoms. The number of benzene rings is 6. The number of hydrogen-bond acceptors (Lipinski definition) is 4. The Kier molecular flexibility index (Phi) is 6.69. The molecule has 0 radical (unpaired) electrons. The van der Waals surface area contributed by atoms with E-state index in [1.165, 1.54) is 9.80 Å². The summed E-state index contributed by atoms with van der Waals surface area (Å²) in [7, 11) is 0. The van der Waals surface area contributed by atoms with Crippen molar-refractivity contribution in [3.63, 3.8) is 0 Å². The van der Waals surface area contributed by atoms with Crippen molar-refractivity contribution in [2.24, 2.45) is 5.92 Å². The van der Waals surface area contributed by atoms with E-state index in [2.05, 4.69) is 13.8 Å². The Hall–Kier alpha value is -5.10. The van der Waals surface area contributed by atoms with Gasteiger partial charge in [0.1, 0.15) is 0 Å². The highest BCUT2D eigenvalue weighted by atomic mass is 16.2. The van der Waals surface area contributed by atoms with Gasteiger partial charge >= 0.3 is 0 Å². The van der Waals surface area contributed by atoms with E-state index in [0.29, 0.717) is 51.7 Å². The van der Waals surface area contributed by atoms with Crippen LogP contribution in [-0.4, -0.2) is 35.1 Å². The largest absolute Gasteiger partial charge is 0.274 e. The number of anilines is 1. The Labute approximate surface area is 273 Å². The van der Waals surface area contributed by atoms with Gasteiger partial charge in [-0.05, 0) is 93.4 Å². The first-order valence-electron chi connectivity index (χ1n) is 16.8. The van der Waals surface area contributed by atoms with E-state index in [0.717, 1.165) is 69.1 Å². The molecule has 0 N–H and O–H groups in total. The SMILES string of the molecule is CCCCC(CC)CN1C(=O)c2ccc3c4ccc5c6c(ccc(c7ccc(c2c37)C1=O)c64)C(=O)N(c1c(C)cccc1CC)C5=O. The lowest BCUT2D eigenvalue weighted by molar-refractivity contribution is 0.0579. The van der Waals surface area contributed by atoms with Gasteiger partial charge in [0.2, 0.25) is 0 Å². The lowest BCUT2D eigenvalue weighted by Crippen LogP contribution is -2.43. The zero-order valence-electron chi connectivity index (χ0n) is 27.2. The third-order valence-corrected chi connectivity index (χ3v) is 10.6. The molecule has 1 unspecified atom stereocenters. The molecule has 6 heteroatoms. The molecule has 0 aromatic heterocycles. The smallest absolute Gasteiger partial charge is 0.266 e. The number of carbonyl (C=O) groups is 4. The predicted octanol–water partition coefficient (Wildman–Crippen LogP) is 9.22. The van der Waals surface area contributed by atoms with Gasteiger partial charge in [0, 0.05) is 39.6 Å². The van der Waals surface area contributed by atoms with Gasteiger partial charge < -0.3 is 0 Å². The normalized spacial score (nSPS) is 15.3. The molecule has 6 nitrogen and oxygen atoms in total. The third kappa shape index (κ3) is 3.97. The van der Waals surface area contributed by atoms with Crippen LogP contribution in [-0.2, 0) is 6.42 Å². The van der Waals surface area contributed by atoms with Crippen LogP contribution in [0.1, 0.15) is 99.0 Å². The summed E-state index contributed by atoms with van der Waals surface area (Å²) in [6.07, 6.45) is 4.75. The molecule has 6 aromatic carbocycles. The van der Waals surface area contributed by atoms with E-state index in [1.54, 1.807) is 0 Å². The van der Waals surface area contributed by atoms with Crippen LogP contribution in [0.25, 0.3) is 43.1 Å². The van der Waals surface area contributed by atoms with Crippen molar-refractivity contribution in [3.8, 4) is 0 Å². The van der Waals surface area contributed by atoms with E-state index in [9.17, 15) is 19.2 Å². The van der Waals surface area contributed by atoms with Gasteiger partial charge in [-0.25, -0.2) is 4.90 Å². The fourth-order valence-corrected chi connectivity index (χ4v) is 8.19. The maximum Gasteiger partial charge on any atom is 0.266 e. The summed E-state index contributed by atoms with van der Waals surface area (Å²) in [4.78, 5) is 59.2. The van der Waals surface area contributed by atoms with E-state index in [1.807, 2.05) is 80.6 Å². The standard InChI is InChI=1S/C41H36N2O4/c1-5-8-11-23(6-2)21-42-38(44)29-17-13-25-27-15-19-31-36-32(41(47)43(40(31)46)37-22(4)10-9-12-24(37)7-3)20-16-28(34(27)36)26-14-18-30(39(42)45)35(29)33(25)26/h9-10,12-20,23H,5-8,11,21H2,1-4H3. The molecule has 6 aromatic rings. The Morgan fingerprint density at radius 2 is 1.09 bits per heavy atom. The van der Waals surface area contributed by atoms with Gasteiger partial charge in [-0.3, -0.25) is 24.1 Å². The number of para-hydroxylation sites is 1. The van der Waals surface area contributed by atoms with Crippen molar-refractivity contribution >= 4 is 72.4 Å². The molecule has 234 valence electrons. The summed E-state index contributed by atoms with van der Waals surface area (Å²) in [5.41, 5.74) is 4.57. The average Bonchev–Trinajstić information content (AvgIpc) is 3.09. The molecule has 47 heavy (non-hydrogen) atoms. The van der Waals surface area contributed by atoms with Crippen LogP contribution in [0.4, 0.5) is 5.69 Å². The van der Waals surface area contributed by atoms with Crippen molar-refractivity contribution in [1.82, 2.24) is 4.90 Å². The minimum atomic E-state index is -0.327. The summed E-state index contributed by atoms with van der Waals surface area (Å²) < 4.78 is 0. The van der Waals surface area contributed by atoms with Gasteiger partial charge in [-0.15, -0.1) is 0 Å². The molecular formula is C41H36N2O4. The van der Waals surface area contributed by atoms with Gasteiger partial charge in [-0.1, -0.05) is 82.5 Å². The molecule has 4 amide bonds. The van der Waals surface area contributed by atoms with E-state index in [-0.39, 0.29) is 29.5 Å². The lowest BCUT2D eigenvalue weighted by atomic mass is 9.82. The summed E-state index contributed by atoms with van der Waals surface area (Å²) in [6, 6.07) is 21.1. The molecule has 2 aliphatic heterocycles. The lowest BCUT2D eigenvalue weighted by Gasteiger charge is -2.32. The molecule has 0 saturated heterocycles. The molecule has 0 fully saturated rings. The predicted molar refractivity (Wildman–Crippen MR) is 188 cm³/mol. The summed E-state index contributed by atoms with van der Waals surface area (Å²) in [6.45, 7) is 8.66. The summed E-state index contributed by atoms with van der Waals surface area (Å²) in [5, 5.41) is 6.66. The molecule has 1 atom stereocenters. The second-order valence-corrected chi connectivity index (χ2v) is 13.2. The second kappa shape index (κ2) is 10.7. The van der Waals surface area contributed by atoms with Crippen LogP contribution in [0.3, 0.4) is 0 Å². The number of unbranched alkanes of at least 4 members (excludes halogenated alkanes) is 1. The number of imide groups is 2. The average molecular weight is 621 g/mol. The minimum absolute atomic E-state index is 0.240. The quantitative estimate of drug-likeness (QED) is 0.0966. The molecule has 0 aliphatic carbocycles. The minimum Gasteiger partial charge on any atom is -0.274 e. The maximum atomic E-state index is 14.2. The Balaban J connectivity index is 1.34. The Bertz CT molecular complexity index is 2230. The zero-order chi connectivity index (χ0) is 32.7. The number of hydrogen-bond donors (Lipinski definition) is 0. The van der Waals surface area contributed by atoms with Crippen LogP contribution in [0.2, 0.25) is 0 Å². The molecule has 8 rings (SSSR count). The first kappa shape index (κ1) is 29.3. The highest BCUT2D eigenvalue weighted by Crippen LogP contribution is 2.47. The van der Waals surface area contributed by atoms with E-state index in [4.69, 9.17) is 0 Å². The second-order valence-electron chi connectivity index (χ2n) is 13.2. The van der Waals surface area contributed by atoms with Gasteiger partial charge in [-0.2, -0.15) is 0 Å². The molecular weight excluding hydrogens is 584 g/mol. The van der Waals surface area contributed by atoms with Crippen LogP contribution in [0.15, 0.2) is 66.7 Å². The summed E-state index contributed by atoms with van der Waals surface area (Å²) >= 11 is 0. The summed E-state index contributed by atoms with van der Waals surface area (Å²) in [5.74, 6) is -0.865. The first-order chi connectivity index (χ1) is 22.8. The van der Waals surface area contributed by atoms with Crippen molar-refractivity contribution in [2.45, 2.75) is 59.8 Å². The first-order valence-corrected chi connectivity index (χ1v) is 16.8. The van der Waals surface area contributed by atoms with Gasteiger partial charge in [0.25, 0.3) is 23.6 Å². The van der Waals surface area contributed by atoms with E-state index >= 15 is 0 Å². The van der Waals surface area contributed by atoms with Crippen LogP contribution < -0.4 is 4.90 Å². The number of nitrogens with zero attached hydrogens (tertiary/aromatic N) is 2. The highest BCUT2D eigenvalue weighted by Gasteiger charge is 2.38. The third-order valence-electron chi connectivity index (χ3n) is 10.6. The monoisotopic (exact) mass is 620 g/mol. The maximum absolute atomic E-state index is 14.2. The number of amides is 4. The number of fused-ring (bicyclic) bond motifs is 2. The van der Waals surface area contributed by atoms with Gasteiger partial charge in [0.15, 0.2) is 0 Å². The molecule has 0 spiro atoms. The molecule has 0 saturated carbocycles. The molecule has 2 aliphatic rings. The Morgan fingerprint density at radius 3 is 1.53 bits per heavy atom. The number of rotatable bonds is 8. The number of aryl methyl sites for hydroxylation is 2. The van der Waals surface area contributed by atoms with Crippen LogP contribution in [0, 0.1) is 12.8 Å².